The van der Waals surface area contributed by atoms with Crippen molar-refractivity contribution < 1.29 is 5.11 Å². The first-order valence-electron chi connectivity index (χ1n) is 7.99. The molecule has 3 atom stereocenters. The van der Waals surface area contributed by atoms with Gasteiger partial charge in [-0.3, -0.25) is 4.68 Å². The smallest absolute Gasteiger partial charge is 0.0809 e. The van der Waals surface area contributed by atoms with Gasteiger partial charge in [-0.1, -0.05) is 20.8 Å². The second-order valence-corrected chi connectivity index (χ2v) is 7.85. The minimum Gasteiger partial charge on any atom is -0.388 e. The number of rotatable bonds is 3. The Morgan fingerprint density at radius 3 is 2.65 bits per heavy atom. The second kappa shape index (κ2) is 4.09. The molecule has 0 spiro atoms. The Labute approximate surface area is 122 Å². The Kier molecular flexibility index (Phi) is 2.89. The van der Waals surface area contributed by atoms with Gasteiger partial charge >= 0.3 is 0 Å². The molecule has 3 rings (SSSR count). The molecule has 2 bridgehead atoms. The van der Waals surface area contributed by atoms with E-state index in [0.717, 1.165) is 25.1 Å². The summed E-state index contributed by atoms with van der Waals surface area (Å²) < 4.78 is 2.05. The van der Waals surface area contributed by atoms with Crippen molar-refractivity contribution in [1.82, 2.24) is 9.78 Å². The summed E-state index contributed by atoms with van der Waals surface area (Å²) in [4.78, 5) is 0. The van der Waals surface area contributed by atoms with Crippen LogP contribution in [0.15, 0.2) is 6.07 Å². The molecule has 0 amide bonds. The van der Waals surface area contributed by atoms with Gasteiger partial charge < -0.3 is 5.11 Å². The maximum absolute atomic E-state index is 11.6. The highest BCUT2D eigenvalue weighted by molar-refractivity contribution is 5.23. The summed E-state index contributed by atoms with van der Waals surface area (Å²) in [5.41, 5.74) is 1.70. The number of hydrogen-bond acceptors (Lipinski definition) is 2. The van der Waals surface area contributed by atoms with Crippen LogP contribution in [0.3, 0.4) is 0 Å². The third-order valence-electron chi connectivity index (χ3n) is 6.55. The number of aromatic nitrogens is 2. The molecule has 1 heterocycles. The molecule has 3 heteroatoms. The van der Waals surface area contributed by atoms with Gasteiger partial charge in [-0.05, 0) is 55.9 Å². The average Bonchev–Trinajstić information content (AvgIpc) is 2.96. The van der Waals surface area contributed by atoms with Crippen LogP contribution >= 0.6 is 0 Å². The Balaban J connectivity index is 2.00. The molecule has 2 fully saturated rings. The SMILES string of the molecule is CCn1nc(C)cc1CC1(O)C2(C)CCC(C2)C1(C)C. The molecule has 2 aliphatic carbocycles. The number of nitrogens with zero attached hydrogens (tertiary/aromatic N) is 2. The topological polar surface area (TPSA) is 38.0 Å². The number of fused-ring (bicyclic) bond motifs is 2. The standard InChI is InChI=1S/C17H28N2O/c1-6-19-14(9-12(2)18-19)11-17(20)15(3,4)13-7-8-16(17,5)10-13/h9,13,20H,6-8,10-11H2,1-5H3. The van der Waals surface area contributed by atoms with Crippen molar-refractivity contribution in [2.24, 2.45) is 16.7 Å². The van der Waals surface area contributed by atoms with Crippen LogP contribution in [0.2, 0.25) is 0 Å². The van der Waals surface area contributed by atoms with Crippen LogP contribution in [0.25, 0.3) is 0 Å². The monoisotopic (exact) mass is 276 g/mol. The van der Waals surface area contributed by atoms with Gasteiger partial charge in [-0.2, -0.15) is 5.10 Å². The molecule has 3 nitrogen and oxygen atoms in total. The molecular formula is C17H28N2O. The van der Waals surface area contributed by atoms with Crippen LogP contribution in [-0.2, 0) is 13.0 Å². The molecule has 0 saturated heterocycles. The third-order valence-corrected chi connectivity index (χ3v) is 6.55. The van der Waals surface area contributed by atoms with E-state index in [2.05, 4.69) is 43.5 Å². The number of aliphatic hydroxyl groups is 1. The van der Waals surface area contributed by atoms with E-state index in [1.54, 1.807) is 0 Å². The van der Waals surface area contributed by atoms with Crippen LogP contribution in [0.4, 0.5) is 0 Å². The zero-order valence-corrected chi connectivity index (χ0v) is 13.5. The van der Waals surface area contributed by atoms with E-state index in [-0.39, 0.29) is 10.8 Å². The fourth-order valence-corrected chi connectivity index (χ4v) is 5.07. The van der Waals surface area contributed by atoms with Crippen molar-refractivity contribution >= 4 is 0 Å². The lowest BCUT2D eigenvalue weighted by molar-refractivity contribution is -0.142. The van der Waals surface area contributed by atoms with Crippen LogP contribution in [0.5, 0.6) is 0 Å². The van der Waals surface area contributed by atoms with E-state index in [9.17, 15) is 5.11 Å². The Bertz CT molecular complexity index is 526. The van der Waals surface area contributed by atoms with Gasteiger partial charge in [0.1, 0.15) is 0 Å². The van der Waals surface area contributed by atoms with Crippen molar-refractivity contribution in [3.8, 4) is 0 Å². The fourth-order valence-electron chi connectivity index (χ4n) is 5.07. The lowest BCUT2D eigenvalue weighted by Gasteiger charge is -2.50. The largest absolute Gasteiger partial charge is 0.388 e. The maximum Gasteiger partial charge on any atom is 0.0809 e. The highest BCUT2D eigenvalue weighted by atomic mass is 16.3. The molecule has 0 radical (unpaired) electrons. The molecule has 0 aromatic carbocycles. The van der Waals surface area contributed by atoms with Crippen LogP contribution in [0.1, 0.15) is 58.3 Å². The molecule has 0 aliphatic heterocycles. The average molecular weight is 276 g/mol. The van der Waals surface area contributed by atoms with E-state index in [0.29, 0.717) is 5.92 Å². The molecule has 20 heavy (non-hydrogen) atoms. The Morgan fingerprint density at radius 2 is 2.10 bits per heavy atom. The van der Waals surface area contributed by atoms with Gasteiger partial charge in [0.25, 0.3) is 0 Å². The van der Waals surface area contributed by atoms with Gasteiger partial charge in [0, 0.05) is 18.7 Å². The minimum absolute atomic E-state index is 0.00323. The van der Waals surface area contributed by atoms with E-state index in [4.69, 9.17) is 0 Å². The van der Waals surface area contributed by atoms with Crippen molar-refractivity contribution in [3.63, 3.8) is 0 Å². The quantitative estimate of drug-likeness (QED) is 0.919. The molecule has 112 valence electrons. The summed E-state index contributed by atoms with van der Waals surface area (Å²) in [6.45, 7) is 11.9. The zero-order valence-electron chi connectivity index (χ0n) is 13.5. The van der Waals surface area contributed by atoms with Crippen molar-refractivity contribution in [1.29, 1.82) is 0 Å². The first-order chi connectivity index (χ1) is 9.23. The molecule has 2 aliphatic rings. The first kappa shape index (κ1) is 14.1. The van der Waals surface area contributed by atoms with Gasteiger partial charge in [-0.15, -0.1) is 0 Å². The molecule has 2 saturated carbocycles. The van der Waals surface area contributed by atoms with E-state index in [1.165, 1.54) is 18.5 Å². The molecule has 1 aromatic heterocycles. The summed E-state index contributed by atoms with van der Waals surface area (Å²) in [5, 5.41) is 16.2. The van der Waals surface area contributed by atoms with Crippen molar-refractivity contribution in [2.45, 2.75) is 72.4 Å². The maximum atomic E-state index is 11.6. The van der Waals surface area contributed by atoms with Crippen molar-refractivity contribution in [2.75, 3.05) is 0 Å². The summed E-state index contributed by atoms with van der Waals surface area (Å²) in [6, 6.07) is 2.15. The lowest BCUT2D eigenvalue weighted by Crippen LogP contribution is -2.55. The Morgan fingerprint density at radius 1 is 1.40 bits per heavy atom. The van der Waals surface area contributed by atoms with Gasteiger partial charge in [0.05, 0.1) is 11.3 Å². The fraction of sp³-hybridized carbons (Fsp3) is 0.824. The highest BCUT2D eigenvalue weighted by Crippen LogP contribution is 2.68. The molecule has 1 aromatic rings. The number of hydrogen-bond donors (Lipinski definition) is 1. The summed E-state index contributed by atoms with van der Waals surface area (Å²) >= 11 is 0. The first-order valence-corrected chi connectivity index (χ1v) is 7.99. The predicted molar refractivity (Wildman–Crippen MR) is 80.5 cm³/mol. The van der Waals surface area contributed by atoms with Gasteiger partial charge in [-0.25, -0.2) is 0 Å². The summed E-state index contributed by atoms with van der Waals surface area (Å²) in [7, 11) is 0. The van der Waals surface area contributed by atoms with Crippen LogP contribution in [-0.4, -0.2) is 20.5 Å². The summed E-state index contributed by atoms with van der Waals surface area (Å²) in [6.07, 6.45) is 4.35. The van der Waals surface area contributed by atoms with E-state index < -0.39 is 5.60 Å². The highest BCUT2D eigenvalue weighted by Gasteiger charge is 2.68. The molecule has 1 N–H and O–H groups in total. The predicted octanol–water partition coefficient (Wildman–Crippen LogP) is 3.33. The normalized spacial score (nSPS) is 38.6. The minimum atomic E-state index is -0.609. The van der Waals surface area contributed by atoms with Crippen LogP contribution in [0, 0.1) is 23.7 Å². The van der Waals surface area contributed by atoms with Crippen LogP contribution < -0.4 is 0 Å². The number of aryl methyl sites for hydroxylation is 2. The third kappa shape index (κ3) is 1.59. The zero-order chi connectivity index (χ0) is 14.8. The van der Waals surface area contributed by atoms with E-state index >= 15 is 0 Å². The second-order valence-electron chi connectivity index (χ2n) is 7.85. The lowest BCUT2D eigenvalue weighted by atomic mass is 9.59. The van der Waals surface area contributed by atoms with E-state index in [1.807, 2.05) is 6.92 Å². The Hall–Kier alpha value is -0.830. The molecule has 3 unspecified atom stereocenters. The van der Waals surface area contributed by atoms with Gasteiger partial charge in [0.15, 0.2) is 0 Å². The van der Waals surface area contributed by atoms with Crippen molar-refractivity contribution in [3.05, 3.63) is 17.5 Å². The van der Waals surface area contributed by atoms with Gasteiger partial charge in [0.2, 0.25) is 0 Å². The molecular weight excluding hydrogens is 248 g/mol. The summed E-state index contributed by atoms with van der Waals surface area (Å²) in [5.74, 6) is 0.664.